The van der Waals surface area contributed by atoms with E-state index in [4.69, 9.17) is 5.11 Å². The van der Waals surface area contributed by atoms with Crippen LogP contribution in [-0.4, -0.2) is 44.7 Å². The molecule has 0 aliphatic carbocycles. The largest absolute Gasteiger partial charge is 0.396 e. The van der Waals surface area contributed by atoms with Gasteiger partial charge in [-0.2, -0.15) is 0 Å². The average molecular weight is 223 g/mol. The summed E-state index contributed by atoms with van der Waals surface area (Å²) in [5.41, 5.74) is 0. The summed E-state index contributed by atoms with van der Waals surface area (Å²) in [5, 5.41) is 11.8. The minimum atomic E-state index is -2.82. The Bertz CT molecular complexity index is 226. The van der Waals surface area contributed by atoms with E-state index >= 15 is 0 Å². The number of rotatable bonds is 8. The van der Waals surface area contributed by atoms with Crippen LogP contribution in [0.5, 0.6) is 0 Å². The number of sulfone groups is 1. The second kappa shape index (κ2) is 7.20. The molecular formula is C9H21NO3S. The van der Waals surface area contributed by atoms with Crippen LogP contribution in [0.4, 0.5) is 0 Å². The molecule has 0 bridgehead atoms. The summed E-state index contributed by atoms with van der Waals surface area (Å²) in [6, 6.07) is 0.349. The molecule has 0 heterocycles. The van der Waals surface area contributed by atoms with Crippen molar-refractivity contribution in [2.45, 2.75) is 32.2 Å². The predicted molar refractivity (Wildman–Crippen MR) is 58.1 cm³/mol. The van der Waals surface area contributed by atoms with E-state index in [2.05, 4.69) is 5.32 Å². The molecule has 0 aromatic heterocycles. The van der Waals surface area contributed by atoms with Crippen LogP contribution >= 0.6 is 0 Å². The van der Waals surface area contributed by atoms with E-state index in [1.54, 1.807) is 0 Å². The Morgan fingerprint density at radius 1 is 1.36 bits per heavy atom. The third-order valence-corrected chi connectivity index (χ3v) is 3.01. The molecule has 86 valence electrons. The molecule has 0 rings (SSSR count). The highest BCUT2D eigenvalue weighted by Gasteiger charge is 2.03. The average Bonchev–Trinajstić information content (AvgIpc) is 2.07. The van der Waals surface area contributed by atoms with Gasteiger partial charge < -0.3 is 10.4 Å². The highest BCUT2D eigenvalue weighted by molar-refractivity contribution is 7.90. The quantitative estimate of drug-likeness (QED) is 0.576. The SMILES string of the molecule is CC(CCCO)NCCCS(C)(=O)=O. The van der Waals surface area contributed by atoms with Crippen molar-refractivity contribution in [2.24, 2.45) is 0 Å². The van der Waals surface area contributed by atoms with Gasteiger partial charge in [-0.25, -0.2) is 8.42 Å². The molecule has 0 aliphatic heterocycles. The van der Waals surface area contributed by atoms with Crippen LogP contribution < -0.4 is 5.32 Å². The van der Waals surface area contributed by atoms with Crippen molar-refractivity contribution in [3.8, 4) is 0 Å². The van der Waals surface area contributed by atoms with E-state index in [1.165, 1.54) is 6.26 Å². The molecule has 0 radical (unpaired) electrons. The molecule has 0 saturated carbocycles. The number of hydrogen-bond acceptors (Lipinski definition) is 4. The number of aliphatic hydroxyl groups is 1. The Hall–Kier alpha value is -0.130. The number of hydrogen-bond donors (Lipinski definition) is 2. The Labute approximate surface area is 86.6 Å². The van der Waals surface area contributed by atoms with Crippen LogP contribution in [0.3, 0.4) is 0 Å². The Morgan fingerprint density at radius 3 is 2.50 bits per heavy atom. The summed E-state index contributed by atoms with van der Waals surface area (Å²) in [7, 11) is -2.82. The Balaban J connectivity index is 3.36. The van der Waals surface area contributed by atoms with Gasteiger partial charge in [0.2, 0.25) is 0 Å². The molecule has 2 N–H and O–H groups in total. The van der Waals surface area contributed by atoms with Crippen LogP contribution in [0.2, 0.25) is 0 Å². The smallest absolute Gasteiger partial charge is 0.147 e. The molecule has 5 heteroatoms. The van der Waals surface area contributed by atoms with Crippen molar-refractivity contribution in [1.29, 1.82) is 0 Å². The lowest BCUT2D eigenvalue weighted by Gasteiger charge is -2.12. The molecule has 4 nitrogen and oxygen atoms in total. The van der Waals surface area contributed by atoms with Gasteiger partial charge in [0.1, 0.15) is 9.84 Å². The molecular weight excluding hydrogens is 202 g/mol. The van der Waals surface area contributed by atoms with Crippen molar-refractivity contribution >= 4 is 9.84 Å². The predicted octanol–water partition coefficient (Wildman–Crippen LogP) is 0.172. The maximum absolute atomic E-state index is 10.8. The monoisotopic (exact) mass is 223 g/mol. The van der Waals surface area contributed by atoms with Crippen molar-refractivity contribution in [3.63, 3.8) is 0 Å². The van der Waals surface area contributed by atoms with E-state index in [1.807, 2.05) is 6.92 Å². The van der Waals surface area contributed by atoms with Crippen molar-refractivity contribution in [2.75, 3.05) is 25.2 Å². The zero-order valence-electron chi connectivity index (χ0n) is 8.99. The highest BCUT2D eigenvalue weighted by Crippen LogP contribution is 1.95. The first-order valence-electron chi connectivity index (χ1n) is 4.97. The zero-order valence-corrected chi connectivity index (χ0v) is 9.81. The lowest BCUT2D eigenvalue weighted by Crippen LogP contribution is -2.28. The first-order chi connectivity index (χ1) is 6.45. The minimum absolute atomic E-state index is 0.218. The van der Waals surface area contributed by atoms with Gasteiger partial charge in [-0.3, -0.25) is 0 Å². The summed E-state index contributed by atoms with van der Waals surface area (Å²) >= 11 is 0. The van der Waals surface area contributed by atoms with Crippen molar-refractivity contribution < 1.29 is 13.5 Å². The zero-order chi connectivity index (χ0) is 11.0. The molecule has 1 atom stereocenters. The van der Waals surface area contributed by atoms with Crippen LogP contribution in [0, 0.1) is 0 Å². The van der Waals surface area contributed by atoms with Gasteiger partial charge in [0.15, 0.2) is 0 Å². The van der Waals surface area contributed by atoms with E-state index in [-0.39, 0.29) is 12.4 Å². The number of nitrogens with one attached hydrogen (secondary N) is 1. The molecule has 14 heavy (non-hydrogen) atoms. The topological polar surface area (TPSA) is 66.4 Å². The van der Waals surface area contributed by atoms with Crippen molar-refractivity contribution in [3.05, 3.63) is 0 Å². The summed E-state index contributed by atoms with van der Waals surface area (Å²) in [6.07, 6.45) is 3.63. The summed E-state index contributed by atoms with van der Waals surface area (Å²) in [4.78, 5) is 0. The lowest BCUT2D eigenvalue weighted by molar-refractivity contribution is 0.276. The normalized spacial score (nSPS) is 14.2. The van der Waals surface area contributed by atoms with Gasteiger partial charge in [0.05, 0.1) is 5.75 Å². The first kappa shape index (κ1) is 13.9. The lowest BCUT2D eigenvalue weighted by atomic mass is 10.2. The van der Waals surface area contributed by atoms with Gasteiger partial charge in [-0.15, -0.1) is 0 Å². The first-order valence-corrected chi connectivity index (χ1v) is 7.03. The maximum Gasteiger partial charge on any atom is 0.147 e. The van der Waals surface area contributed by atoms with Crippen LogP contribution in [0.25, 0.3) is 0 Å². The highest BCUT2D eigenvalue weighted by atomic mass is 32.2. The number of aliphatic hydroxyl groups excluding tert-OH is 1. The minimum Gasteiger partial charge on any atom is -0.396 e. The van der Waals surface area contributed by atoms with Crippen LogP contribution in [0.15, 0.2) is 0 Å². The third kappa shape index (κ3) is 9.95. The van der Waals surface area contributed by atoms with Gasteiger partial charge >= 0.3 is 0 Å². The molecule has 0 spiro atoms. The Morgan fingerprint density at radius 2 is 2.00 bits per heavy atom. The second-order valence-corrected chi connectivity index (χ2v) is 5.96. The van der Waals surface area contributed by atoms with Crippen LogP contribution in [0.1, 0.15) is 26.2 Å². The van der Waals surface area contributed by atoms with Gasteiger partial charge in [-0.1, -0.05) is 0 Å². The molecule has 0 aromatic rings. The van der Waals surface area contributed by atoms with E-state index in [9.17, 15) is 8.42 Å². The summed E-state index contributed by atoms with van der Waals surface area (Å²) < 4.78 is 21.6. The fourth-order valence-corrected chi connectivity index (χ4v) is 1.85. The summed E-state index contributed by atoms with van der Waals surface area (Å²) in [5.74, 6) is 0.243. The molecule has 0 fully saturated rings. The fourth-order valence-electron chi connectivity index (χ4n) is 1.18. The van der Waals surface area contributed by atoms with Gasteiger partial charge in [0.25, 0.3) is 0 Å². The van der Waals surface area contributed by atoms with Gasteiger partial charge in [-0.05, 0) is 32.7 Å². The third-order valence-electron chi connectivity index (χ3n) is 1.98. The molecule has 1 unspecified atom stereocenters. The maximum atomic E-state index is 10.8. The molecule has 0 saturated heterocycles. The molecule has 0 aromatic carbocycles. The standard InChI is InChI=1S/C9H21NO3S/c1-9(5-3-7-11)10-6-4-8-14(2,12)13/h9-11H,3-8H2,1-2H3. The summed E-state index contributed by atoms with van der Waals surface area (Å²) in [6.45, 7) is 2.98. The van der Waals surface area contributed by atoms with E-state index in [0.29, 0.717) is 12.5 Å². The molecule has 0 aliphatic rings. The fraction of sp³-hybridized carbons (Fsp3) is 1.00. The van der Waals surface area contributed by atoms with E-state index in [0.717, 1.165) is 19.4 Å². The Kier molecular flexibility index (Phi) is 7.13. The molecule has 0 amide bonds. The van der Waals surface area contributed by atoms with Crippen LogP contribution in [-0.2, 0) is 9.84 Å². The van der Waals surface area contributed by atoms with Gasteiger partial charge in [0, 0.05) is 18.9 Å². The second-order valence-electron chi connectivity index (χ2n) is 3.70. The van der Waals surface area contributed by atoms with Crippen molar-refractivity contribution in [1.82, 2.24) is 5.32 Å². The van der Waals surface area contributed by atoms with E-state index < -0.39 is 9.84 Å².